The summed E-state index contributed by atoms with van der Waals surface area (Å²) in [5.41, 5.74) is 5.56. The van der Waals surface area contributed by atoms with Gasteiger partial charge in [-0.15, -0.1) is 0 Å². The number of hydrogen-bond donors (Lipinski definition) is 2. The Hall–Kier alpha value is -3.14. The monoisotopic (exact) mass is 300 g/mol. The predicted octanol–water partition coefficient (Wildman–Crippen LogP) is 4.24. The Kier molecular flexibility index (Phi) is 3.48. The molecule has 2 heterocycles. The van der Waals surface area contributed by atoms with Gasteiger partial charge < -0.3 is 5.32 Å². The van der Waals surface area contributed by atoms with E-state index in [9.17, 15) is 0 Å². The molecule has 4 nitrogen and oxygen atoms in total. The fraction of sp³-hybridized carbons (Fsp3) is 0.0526. The molecule has 0 aliphatic heterocycles. The highest BCUT2D eigenvalue weighted by Crippen LogP contribution is 2.23. The van der Waals surface area contributed by atoms with Crippen LogP contribution in [0.1, 0.15) is 5.56 Å². The molecule has 2 N–H and O–H groups in total. The van der Waals surface area contributed by atoms with E-state index in [2.05, 4.69) is 50.8 Å². The number of benzene rings is 2. The molecule has 0 saturated heterocycles. The van der Waals surface area contributed by atoms with Crippen LogP contribution in [-0.4, -0.2) is 15.2 Å². The van der Waals surface area contributed by atoms with E-state index in [1.165, 1.54) is 0 Å². The Morgan fingerprint density at radius 1 is 0.870 bits per heavy atom. The second-order valence-corrected chi connectivity index (χ2v) is 5.47. The highest BCUT2D eigenvalue weighted by atomic mass is 15.1. The van der Waals surface area contributed by atoms with Crippen LogP contribution < -0.4 is 5.32 Å². The minimum atomic E-state index is 0.749. The standard InChI is InChI=1S/C19H16N4/c1-2-4-18(5-3-1)21-11-14-8-16(12-20-10-14)15-6-7-19-17(9-15)13-22-23-19/h1-10,12-13,21H,11H2,(H,22,23). The maximum absolute atomic E-state index is 4.38. The molecular formula is C19H16N4. The number of hydrogen-bond acceptors (Lipinski definition) is 3. The van der Waals surface area contributed by atoms with Crippen LogP contribution in [0, 0.1) is 0 Å². The van der Waals surface area contributed by atoms with Crippen molar-refractivity contribution in [3.63, 3.8) is 0 Å². The largest absolute Gasteiger partial charge is 0.381 e. The molecule has 4 rings (SSSR count). The summed E-state index contributed by atoms with van der Waals surface area (Å²) >= 11 is 0. The zero-order valence-electron chi connectivity index (χ0n) is 12.5. The number of fused-ring (bicyclic) bond motifs is 1. The van der Waals surface area contributed by atoms with E-state index in [0.717, 1.165) is 39.8 Å². The van der Waals surface area contributed by atoms with E-state index in [1.807, 2.05) is 42.9 Å². The summed E-state index contributed by atoms with van der Waals surface area (Å²) in [6.07, 6.45) is 5.64. The molecule has 0 spiro atoms. The van der Waals surface area contributed by atoms with Crippen molar-refractivity contribution >= 4 is 16.6 Å². The lowest BCUT2D eigenvalue weighted by molar-refractivity contribution is 1.11. The Morgan fingerprint density at radius 2 is 1.78 bits per heavy atom. The first-order valence-electron chi connectivity index (χ1n) is 7.55. The zero-order chi connectivity index (χ0) is 15.5. The van der Waals surface area contributed by atoms with E-state index in [-0.39, 0.29) is 0 Å². The van der Waals surface area contributed by atoms with Gasteiger partial charge in [-0.3, -0.25) is 10.1 Å². The van der Waals surface area contributed by atoms with Crippen LogP contribution in [0.15, 0.2) is 73.2 Å². The zero-order valence-corrected chi connectivity index (χ0v) is 12.5. The van der Waals surface area contributed by atoms with Gasteiger partial charge in [0.15, 0.2) is 0 Å². The number of rotatable bonds is 4. The second-order valence-electron chi connectivity index (χ2n) is 5.47. The van der Waals surface area contributed by atoms with Crippen LogP contribution in [0.4, 0.5) is 5.69 Å². The molecular weight excluding hydrogens is 284 g/mol. The van der Waals surface area contributed by atoms with Crippen LogP contribution in [0.2, 0.25) is 0 Å². The lowest BCUT2D eigenvalue weighted by atomic mass is 10.0. The summed E-state index contributed by atoms with van der Waals surface area (Å²) in [6.45, 7) is 0.749. The summed E-state index contributed by atoms with van der Waals surface area (Å²) in [6, 6.07) is 18.6. The van der Waals surface area contributed by atoms with Gasteiger partial charge in [-0.2, -0.15) is 5.10 Å². The van der Waals surface area contributed by atoms with Gasteiger partial charge in [0, 0.05) is 35.6 Å². The van der Waals surface area contributed by atoms with Crippen molar-refractivity contribution in [3.8, 4) is 11.1 Å². The number of para-hydroxylation sites is 1. The van der Waals surface area contributed by atoms with Crippen molar-refractivity contribution in [2.24, 2.45) is 0 Å². The van der Waals surface area contributed by atoms with Crippen LogP contribution in [0.25, 0.3) is 22.0 Å². The van der Waals surface area contributed by atoms with Crippen molar-refractivity contribution in [2.75, 3.05) is 5.32 Å². The summed E-state index contributed by atoms with van der Waals surface area (Å²) < 4.78 is 0. The van der Waals surface area contributed by atoms with Crippen LogP contribution in [0.3, 0.4) is 0 Å². The number of aromatic amines is 1. The molecule has 0 bridgehead atoms. The van der Waals surface area contributed by atoms with E-state index >= 15 is 0 Å². The van der Waals surface area contributed by atoms with E-state index in [4.69, 9.17) is 0 Å². The Morgan fingerprint density at radius 3 is 2.70 bits per heavy atom. The summed E-state index contributed by atoms with van der Waals surface area (Å²) in [7, 11) is 0. The van der Waals surface area contributed by atoms with Gasteiger partial charge >= 0.3 is 0 Å². The molecule has 2 aromatic carbocycles. The highest BCUT2D eigenvalue weighted by molar-refractivity contribution is 5.83. The van der Waals surface area contributed by atoms with E-state index < -0.39 is 0 Å². The van der Waals surface area contributed by atoms with E-state index in [1.54, 1.807) is 0 Å². The van der Waals surface area contributed by atoms with Gasteiger partial charge in [0.25, 0.3) is 0 Å². The smallest absolute Gasteiger partial charge is 0.0650 e. The molecule has 0 aliphatic carbocycles. The first-order chi connectivity index (χ1) is 11.4. The van der Waals surface area contributed by atoms with Gasteiger partial charge in [0.05, 0.1) is 11.7 Å². The van der Waals surface area contributed by atoms with Crippen LogP contribution in [-0.2, 0) is 6.54 Å². The van der Waals surface area contributed by atoms with Crippen molar-refractivity contribution in [1.29, 1.82) is 0 Å². The maximum Gasteiger partial charge on any atom is 0.0650 e. The average molecular weight is 300 g/mol. The topological polar surface area (TPSA) is 53.6 Å². The predicted molar refractivity (Wildman–Crippen MR) is 93.1 cm³/mol. The first kappa shape index (κ1) is 13.5. The third-order valence-electron chi connectivity index (χ3n) is 3.84. The number of nitrogens with zero attached hydrogens (tertiary/aromatic N) is 2. The van der Waals surface area contributed by atoms with Crippen LogP contribution in [0.5, 0.6) is 0 Å². The second kappa shape index (κ2) is 5.93. The Bertz CT molecular complexity index is 928. The molecule has 0 unspecified atom stereocenters. The molecule has 0 saturated carbocycles. The first-order valence-corrected chi connectivity index (χ1v) is 7.55. The van der Waals surface area contributed by atoms with Crippen molar-refractivity contribution in [3.05, 3.63) is 78.8 Å². The number of pyridine rings is 1. The molecule has 2 aromatic heterocycles. The van der Waals surface area contributed by atoms with Gasteiger partial charge in [-0.1, -0.05) is 24.3 Å². The molecule has 0 amide bonds. The highest BCUT2D eigenvalue weighted by Gasteiger charge is 2.03. The average Bonchev–Trinajstić information content (AvgIpc) is 3.09. The lowest BCUT2D eigenvalue weighted by Crippen LogP contribution is -1.99. The number of aromatic nitrogens is 3. The number of anilines is 1. The molecule has 0 aliphatic rings. The Balaban J connectivity index is 1.58. The summed E-state index contributed by atoms with van der Waals surface area (Å²) in [4.78, 5) is 4.38. The maximum atomic E-state index is 4.38. The third kappa shape index (κ3) is 2.92. The number of H-pyrrole nitrogens is 1. The molecule has 0 fully saturated rings. The lowest BCUT2D eigenvalue weighted by Gasteiger charge is -2.08. The fourth-order valence-corrected chi connectivity index (χ4v) is 2.62. The Labute approximate surface area is 134 Å². The van der Waals surface area contributed by atoms with Gasteiger partial charge in [0.2, 0.25) is 0 Å². The van der Waals surface area contributed by atoms with Gasteiger partial charge in [-0.05, 0) is 41.5 Å². The molecule has 4 aromatic rings. The molecule has 4 heteroatoms. The molecule has 0 radical (unpaired) electrons. The van der Waals surface area contributed by atoms with Gasteiger partial charge in [-0.25, -0.2) is 0 Å². The van der Waals surface area contributed by atoms with Gasteiger partial charge in [0.1, 0.15) is 0 Å². The third-order valence-corrected chi connectivity index (χ3v) is 3.84. The molecule has 23 heavy (non-hydrogen) atoms. The van der Waals surface area contributed by atoms with Crippen molar-refractivity contribution in [2.45, 2.75) is 6.54 Å². The van der Waals surface area contributed by atoms with E-state index in [0.29, 0.717) is 0 Å². The quantitative estimate of drug-likeness (QED) is 0.593. The normalized spacial score (nSPS) is 10.8. The van der Waals surface area contributed by atoms with Crippen molar-refractivity contribution < 1.29 is 0 Å². The number of nitrogens with one attached hydrogen (secondary N) is 2. The van der Waals surface area contributed by atoms with Crippen LogP contribution >= 0.6 is 0 Å². The van der Waals surface area contributed by atoms with Crippen molar-refractivity contribution in [1.82, 2.24) is 15.2 Å². The minimum absolute atomic E-state index is 0.749. The SMILES string of the molecule is c1ccc(NCc2cncc(-c3ccc4[nH]ncc4c3)c2)cc1. The molecule has 0 atom stereocenters. The summed E-state index contributed by atoms with van der Waals surface area (Å²) in [5.74, 6) is 0. The molecule has 112 valence electrons. The fourth-order valence-electron chi connectivity index (χ4n) is 2.62. The minimum Gasteiger partial charge on any atom is -0.381 e. The summed E-state index contributed by atoms with van der Waals surface area (Å²) in [5, 5.41) is 11.6.